The Labute approximate surface area is 221 Å². The molecule has 0 bridgehead atoms. The van der Waals surface area contributed by atoms with Crippen LogP contribution in [-0.4, -0.2) is 0 Å². The maximum Gasteiger partial charge on any atom is 0.0492 e. The molecule has 0 unspecified atom stereocenters. The van der Waals surface area contributed by atoms with Crippen LogP contribution >= 0.6 is 0 Å². The molecule has 0 saturated heterocycles. The quantitative estimate of drug-likeness (QED) is 0.237. The van der Waals surface area contributed by atoms with Gasteiger partial charge in [-0.15, -0.1) is 0 Å². The third-order valence-electron chi connectivity index (χ3n) is 6.98. The van der Waals surface area contributed by atoms with E-state index in [-0.39, 0.29) is 0 Å². The smallest absolute Gasteiger partial charge is 0.0492 e. The SMILES string of the molecule is Cc1ccc(N(c2ccc(N(c3ccc(C)cc3)c3ccccc3C)c(C)c2)c2ccccc2C)cc1. The number of anilines is 6. The highest BCUT2D eigenvalue weighted by atomic mass is 15.2. The van der Waals surface area contributed by atoms with Gasteiger partial charge in [-0.2, -0.15) is 0 Å². The van der Waals surface area contributed by atoms with E-state index < -0.39 is 0 Å². The van der Waals surface area contributed by atoms with Gasteiger partial charge >= 0.3 is 0 Å². The lowest BCUT2D eigenvalue weighted by Gasteiger charge is -2.31. The van der Waals surface area contributed by atoms with Gasteiger partial charge in [-0.3, -0.25) is 0 Å². The first-order chi connectivity index (χ1) is 17.9. The van der Waals surface area contributed by atoms with Crippen molar-refractivity contribution in [3.05, 3.63) is 143 Å². The van der Waals surface area contributed by atoms with Crippen LogP contribution in [-0.2, 0) is 0 Å². The first-order valence-electron chi connectivity index (χ1n) is 12.9. The molecule has 0 aromatic heterocycles. The lowest BCUT2D eigenvalue weighted by molar-refractivity contribution is 1.20. The van der Waals surface area contributed by atoms with E-state index in [0.29, 0.717) is 0 Å². The van der Waals surface area contributed by atoms with Crippen molar-refractivity contribution in [1.82, 2.24) is 0 Å². The van der Waals surface area contributed by atoms with Crippen LogP contribution in [0.1, 0.15) is 27.8 Å². The zero-order valence-corrected chi connectivity index (χ0v) is 22.4. The maximum atomic E-state index is 2.37. The molecular weight excluding hydrogens is 448 g/mol. The average molecular weight is 483 g/mol. The Balaban J connectivity index is 1.66. The topological polar surface area (TPSA) is 6.48 Å². The number of aryl methyl sites for hydroxylation is 5. The van der Waals surface area contributed by atoms with Crippen LogP contribution in [0.5, 0.6) is 0 Å². The van der Waals surface area contributed by atoms with Crippen molar-refractivity contribution in [1.29, 1.82) is 0 Å². The molecule has 2 nitrogen and oxygen atoms in total. The lowest BCUT2D eigenvalue weighted by atomic mass is 10.0. The Hall–Kier alpha value is -4.30. The van der Waals surface area contributed by atoms with Crippen molar-refractivity contribution < 1.29 is 0 Å². The van der Waals surface area contributed by atoms with Gasteiger partial charge in [-0.05, 0) is 106 Å². The molecule has 0 fully saturated rings. The van der Waals surface area contributed by atoms with Crippen molar-refractivity contribution in [3.8, 4) is 0 Å². The van der Waals surface area contributed by atoms with Gasteiger partial charge in [0.2, 0.25) is 0 Å². The van der Waals surface area contributed by atoms with Crippen LogP contribution in [0.4, 0.5) is 34.1 Å². The van der Waals surface area contributed by atoms with Gasteiger partial charge in [0.1, 0.15) is 0 Å². The highest BCUT2D eigenvalue weighted by Crippen LogP contribution is 2.42. The Bertz CT molecular complexity index is 1510. The van der Waals surface area contributed by atoms with Crippen LogP contribution < -0.4 is 9.80 Å². The molecule has 0 aliphatic carbocycles. The number of rotatable bonds is 6. The number of para-hydroxylation sites is 2. The molecule has 0 heterocycles. The monoisotopic (exact) mass is 482 g/mol. The van der Waals surface area contributed by atoms with Crippen LogP contribution in [0.25, 0.3) is 0 Å². The molecule has 0 N–H and O–H groups in total. The first kappa shape index (κ1) is 24.4. The highest BCUT2D eigenvalue weighted by Gasteiger charge is 2.19. The second-order valence-corrected chi connectivity index (χ2v) is 9.89. The van der Waals surface area contributed by atoms with E-state index in [0.717, 1.165) is 17.1 Å². The fourth-order valence-electron chi connectivity index (χ4n) is 4.88. The van der Waals surface area contributed by atoms with Gasteiger partial charge in [0.25, 0.3) is 0 Å². The standard InChI is InChI=1S/C35H34N2/c1-25-14-18-30(19-15-25)36(33-12-8-6-10-27(33)3)32-22-23-35(29(5)24-32)37(31-20-16-26(2)17-21-31)34-13-9-7-11-28(34)4/h6-24H,1-5H3. The summed E-state index contributed by atoms with van der Waals surface area (Å²) in [4.78, 5) is 4.73. The molecule has 0 aliphatic heterocycles. The van der Waals surface area contributed by atoms with Gasteiger partial charge in [-0.1, -0.05) is 71.8 Å². The molecule has 0 atom stereocenters. The second kappa shape index (κ2) is 10.4. The van der Waals surface area contributed by atoms with E-state index in [4.69, 9.17) is 0 Å². The fourth-order valence-corrected chi connectivity index (χ4v) is 4.88. The number of hydrogen-bond donors (Lipinski definition) is 0. The van der Waals surface area contributed by atoms with Crippen molar-refractivity contribution in [2.24, 2.45) is 0 Å². The molecular formula is C35H34N2. The number of benzene rings is 5. The van der Waals surface area contributed by atoms with Crippen molar-refractivity contribution in [2.45, 2.75) is 34.6 Å². The maximum absolute atomic E-state index is 2.37. The Kier molecular flexibility index (Phi) is 6.83. The Morgan fingerprint density at radius 1 is 0.351 bits per heavy atom. The zero-order chi connectivity index (χ0) is 25.9. The Morgan fingerprint density at radius 3 is 1.24 bits per heavy atom. The normalized spacial score (nSPS) is 10.8. The molecule has 5 aromatic rings. The molecule has 37 heavy (non-hydrogen) atoms. The number of hydrogen-bond acceptors (Lipinski definition) is 2. The highest BCUT2D eigenvalue weighted by molar-refractivity contribution is 5.84. The van der Waals surface area contributed by atoms with Crippen LogP contribution in [0.3, 0.4) is 0 Å². The summed E-state index contributed by atoms with van der Waals surface area (Å²) in [5.41, 5.74) is 13.2. The van der Waals surface area contributed by atoms with Gasteiger partial charge < -0.3 is 9.80 Å². The molecule has 0 spiro atoms. The van der Waals surface area contributed by atoms with Crippen LogP contribution in [0.15, 0.2) is 115 Å². The molecule has 0 radical (unpaired) electrons. The minimum absolute atomic E-state index is 1.15. The summed E-state index contributed by atoms with van der Waals surface area (Å²) in [5.74, 6) is 0. The summed E-state index contributed by atoms with van der Waals surface area (Å²) >= 11 is 0. The number of nitrogens with zero attached hydrogens (tertiary/aromatic N) is 2. The first-order valence-corrected chi connectivity index (χ1v) is 12.9. The molecule has 0 saturated carbocycles. The minimum atomic E-state index is 1.15. The molecule has 0 amide bonds. The van der Waals surface area contributed by atoms with Crippen molar-refractivity contribution >= 4 is 34.1 Å². The van der Waals surface area contributed by atoms with E-state index in [1.807, 2.05) is 0 Å². The summed E-state index contributed by atoms with van der Waals surface area (Å²) in [6, 6.07) is 41.5. The zero-order valence-electron chi connectivity index (χ0n) is 22.4. The molecule has 0 aliphatic rings. The second-order valence-electron chi connectivity index (χ2n) is 9.89. The van der Waals surface area contributed by atoms with E-state index in [1.165, 1.54) is 44.9 Å². The largest absolute Gasteiger partial charge is 0.310 e. The van der Waals surface area contributed by atoms with Gasteiger partial charge in [-0.25, -0.2) is 0 Å². The summed E-state index contributed by atoms with van der Waals surface area (Å²) in [5, 5.41) is 0. The van der Waals surface area contributed by atoms with E-state index in [1.54, 1.807) is 0 Å². The predicted octanol–water partition coefficient (Wildman–Crippen LogP) is 10.2. The van der Waals surface area contributed by atoms with Crippen molar-refractivity contribution in [2.75, 3.05) is 9.80 Å². The van der Waals surface area contributed by atoms with Gasteiger partial charge in [0.15, 0.2) is 0 Å². The predicted molar refractivity (Wildman–Crippen MR) is 159 cm³/mol. The summed E-state index contributed by atoms with van der Waals surface area (Å²) in [6.07, 6.45) is 0. The average Bonchev–Trinajstić information content (AvgIpc) is 2.90. The molecule has 5 rings (SSSR count). The molecule has 5 aromatic carbocycles. The lowest BCUT2D eigenvalue weighted by Crippen LogP contribution is -2.14. The third-order valence-corrected chi connectivity index (χ3v) is 6.98. The van der Waals surface area contributed by atoms with Gasteiger partial charge in [0.05, 0.1) is 0 Å². The third kappa shape index (κ3) is 5.01. The summed E-state index contributed by atoms with van der Waals surface area (Å²) in [6.45, 7) is 10.8. The molecule has 2 heteroatoms. The molecule has 184 valence electrons. The van der Waals surface area contributed by atoms with E-state index >= 15 is 0 Å². The minimum Gasteiger partial charge on any atom is -0.310 e. The van der Waals surface area contributed by atoms with Gasteiger partial charge in [0, 0.05) is 34.1 Å². The Morgan fingerprint density at radius 2 is 0.757 bits per heavy atom. The fraction of sp³-hybridized carbons (Fsp3) is 0.143. The van der Waals surface area contributed by atoms with Crippen LogP contribution in [0, 0.1) is 34.6 Å². The summed E-state index contributed by atoms with van der Waals surface area (Å²) in [7, 11) is 0. The van der Waals surface area contributed by atoms with E-state index in [2.05, 4.69) is 160 Å². The van der Waals surface area contributed by atoms with E-state index in [9.17, 15) is 0 Å². The van der Waals surface area contributed by atoms with Crippen LogP contribution in [0.2, 0.25) is 0 Å². The van der Waals surface area contributed by atoms with Crippen molar-refractivity contribution in [3.63, 3.8) is 0 Å². The summed E-state index contributed by atoms with van der Waals surface area (Å²) < 4.78 is 0.